The number of aliphatic carboxylic acids is 4. The van der Waals surface area contributed by atoms with Gasteiger partial charge in [-0.2, -0.15) is 0 Å². The molecule has 1 saturated heterocycles. The largest absolute Gasteiger partial charge is 0.481 e. The van der Waals surface area contributed by atoms with Crippen LogP contribution in [0.4, 0.5) is 0 Å². The van der Waals surface area contributed by atoms with Crippen molar-refractivity contribution in [2.45, 2.75) is 134 Å². The normalized spacial score (nSPS) is 16.3. The third-order valence-electron chi connectivity index (χ3n) is 11.2. The highest BCUT2D eigenvalue weighted by molar-refractivity contribution is 5.99. The first-order chi connectivity index (χ1) is 33.0. The van der Waals surface area contributed by atoms with E-state index in [-0.39, 0.29) is 38.1 Å². The molecule has 0 unspecified atom stereocenters. The lowest BCUT2D eigenvalue weighted by atomic mass is 10.0. The number of carbonyl (C=O) groups is 11. The van der Waals surface area contributed by atoms with E-state index in [2.05, 4.69) is 26.6 Å². The van der Waals surface area contributed by atoms with Crippen LogP contribution in [-0.2, 0) is 65.6 Å². The third-order valence-corrected chi connectivity index (χ3v) is 11.2. The summed E-state index contributed by atoms with van der Waals surface area (Å²) >= 11 is 0. The molecule has 70 heavy (non-hydrogen) atoms. The second-order valence-corrected chi connectivity index (χ2v) is 17.8. The Morgan fingerprint density at radius 2 is 1.09 bits per heavy atom. The van der Waals surface area contributed by atoms with Crippen molar-refractivity contribution in [2.24, 2.45) is 17.6 Å². The van der Waals surface area contributed by atoms with Gasteiger partial charge in [0.2, 0.25) is 41.4 Å². The van der Waals surface area contributed by atoms with Gasteiger partial charge in [-0.05, 0) is 55.1 Å². The summed E-state index contributed by atoms with van der Waals surface area (Å²) in [6.07, 6.45) is -2.62. The lowest BCUT2D eigenvalue weighted by Crippen LogP contribution is -2.61. The summed E-state index contributed by atoms with van der Waals surface area (Å²) in [5, 5.41) is 52.0. The van der Waals surface area contributed by atoms with Crippen LogP contribution in [0.3, 0.4) is 0 Å². The molecule has 0 aliphatic carbocycles. The van der Waals surface area contributed by atoms with Gasteiger partial charge in [0.25, 0.3) is 0 Å². The van der Waals surface area contributed by atoms with Crippen molar-refractivity contribution >= 4 is 65.2 Å². The highest BCUT2D eigenvalue weighted by Crippen LogP contribution is 2.21. The number of amides is 7. The minimum Gasteiger partial charge on any atom is -0.481 e. The van der Waals surface area contributed by atoms with E-state index in [4.69, 9.17) is 10.8 Å². The Balaban J connectivity index is 1.86. The van der Waals surface area contributed by atoms with E-state index in [1.807, 2.05) is 49.5 Å². The standard InChI is InChI=1S/C47H64N8O15/c1-25(2)20-33(52-40(62)29(48)21-27-12-7-5-8-13-27)46(68)55-19-11-16-35(55)44(66)51-31(22-28-14-9-6-10-15-28)42(64)50-32(23-37(58)59)43(65)49-30(17-18-36(56)57)41(63)54-39(26(3)4)45(67)53-34(47(69)70)24-38(60)61/h5-10,12-15,25-26,29-35,39H,11,16-24,48H2,1-4H3,(H,49,65)(H,50,64)(H,51,66)(H,52,62)(H,53,67)(H,54,63)(H,56,57)(H,58,59)(H,60,61)(H,69,70)/t29-,30-,31-,32-,33-,34-,35-,39-/m0/s1. The smallest absolute Gasteiger partial charge is 0.326 e. The van der Waals surface area contributed by atoms with Crippen molar-refractivity contribution in [1.82, 2.24) is 36.8 Å². The van der Waals surface area contributed by atoms with E-state index in [9.17, 15) is 68.1 Å². The predicted molar refractivity (Wildman–Crippen MR) is 248 cm³/mol. The van der Waals surface area contributed by atoms with Crippen LogP contribution in [0.2, 0.25) is 0 Å². The molecule has 0 aromatic heterocycles. The maximum atomic E-state index is 14.2. The van der Waals surface area contributed by atoms with Gasteiger partial charge in [-0.1, -0.05) is 88.4 Å². The topological polar surface area (TPSA) is 370 Å². The molecule has 1 heterocycles. The Bertz CT molecular complexity index is 2190. The summed E-state index contributed by atoms with van der Waals surface area (Å²) in [5.41, 5.74) is 7.58. The predicted octanol–water partition coefficient (Wildman–Crippen LogP) is -0.700. The van der Waals surface area contributed by atoms with Gasteiger partial charge in [-0.3, -0.25) is 47.9 Å². The molecule has 0 spiro atoms. The summed E-state index contributed by atoms with van der Waals surface area (Å²) < 4.78 is 0. The minimum atomic E-state index is -1.95. The molecule has 23 nitrogen and oxygen atoms in total. The van der Waals surface area contributed by atoms with Gasteiger partial charge in [0.05, 0.1) is 18.9 Å². The molecule has 12 N–H and O–H groups in total. The number of carbonyl (C=O) groups excluding carboxylic acids is 7. The summed E-state index contributed by atoms with van der Waals surface area (Å²) in [6, 6.07) is 5.58. The number of likely N-dealkylation sites (tertiary alicyclic amines) is 1. The second kappa shape index (κ2) is 27.5. The van der Waals surface area contributed by atoms with E-state index in [0.29, 0.717) is 12.0 Å². The number of nitrogens with two attached hydrogens (primary N) is 1. The molecule has 0 radical (unpaired) electrons. The van der Waals surface area contributed by atoms with Crippen LogP contribution in [0.1, 0.15) is 83.8 Å². The molecule has 7 amide bonds. The van der Waals surface area contributed by atoms with Crippen LogP contribution in [-0.4, -0.2) is 145 Å². The molecule has 1 aliphatic heterocycles. The summed E-state index contributed by atoms with van der Waals surface area (Å²) in [4.78, 5) is 144. The number of hydrogen-bond donors (Lipinski definition) is 11. The molecule has 0 saturated carbocycles. The van der Waals surface area contributed by atoms with E-state index in [1.165, 1.54) is 18.7 Å². The highest BCUT2D eigenvalue weighted by atomic mass is 16.4. The summed E-state index contributed by atoms with van der Waals surface area (Å²) in [7, 11) is 0. The molecule has 2 aromatic carbocycles. The molecule has 3 rings (SSSR count). The molecule has 0 bridgehead atoms. The molecular weight excluding hydrogens is 917 g/mol. The van der Waals surface area contributed by atoms with Crippen molar-refractivity contribution in [3.05, 3.63) is 71.8 Å². The lowest BCUT2D eigenvalue weighted by Gasteiger charge is -2.31. The molecular formula is C47H64N8O15. The summed E-state index contributed by atoms with van der Waals surface area (Å²) in [6.45, 7) is 6.75. The van der Waals surface area contributed by atoms with Gasteiger partial charge in [-0.15, -0.1) is 0 Å². The fourth-order valence-electron chi connectivity index (χ4n) is 7.65. The third kappa shape index (κ3) is 18.6. The zero-order valence-corrected chi connectivity index (χ0v) is 39.4. The Hall–Kier alpha value is -7.43. The zero-order chi connectivity index (χ0) is 52.2. The number of nitrogens with zero attached hydrogens (tertiary/aromatic N) is 1. The zero-order valence-electron chi connectivity index (χ0n) is 39.4. The number of nitrogens with one attached hydrogen (secondary N) is 6. The number of carboxylic acid groups (broad SMARTS) is 4. The van der Waals surface area contributed by atoms with Gasteiger partial charge >= 0.3 is 23.9 Å². The number of carboxylic acids is 4. The molecule has 1 fully saturated rings. The Morgan fingerprint density at radius 1 is 0.586 bits per heavy atom. The van der Waals surface area contributed by atoms with Crippen LogP contribution in [0, 0.1) is 11.8 Å². The van der Waals surface area contributed by atoms with Gasteiger partial charge in [0.15, 0.2) is 0 Å². The van der Waals surface area contributed by atoms with Crippen molar-refractivity contribution in [2.75, 3.05) is 6.54 Å². The first kappa shape index (κ1) is 56.9. The quantitative estimate of drug-likeness (QED) is 0.0502. The average Bonchev–Trinajstić information content (AvgIpc) is 3.78. The Kier molecular flexibility index (Phi) is 22.4. The van der Waals surface area contributed by atoms with Gasteiger partial charge in [0, 0.05) is 19.4 Å². The van der Waals surface area contributed by atoms with Gasteiger partial charge in [-0.25, -0.2) is 4.79 Å². The number of hydrogen-bond acceptors (Lipinski definition) is 12. The van der Waals surface area contributed by atoms with E-state index in [0.717, 1.165) is 5.56 Å². The van der Waals surface area contributed by atoms with Gasteiger partial charge in [0.1, 0.15) is 42.3 Å². The fraction of sp³-hybridized carbons (Fsp3) is 0.511. The van der Waals surface area contributed by atoms with E-state index >= 15 is 0 Å². The molecule has 8 atom stereocenters. The lowest BCUT2D eigenvalue weighted by molar-refractivity contribution is -0.147. The van der Waals surface area contributed by atoms with Crippen LogP contribution >= 0.6 is 0 Å². The minimum absolute atomic E-state index is 0.0694. The van der Waals surface area contributed by atoms with Crippen LogP contribution in [0.25, 0.3) is 0 Å². The average molecular weight is 981 g/mol. The number of rotatable bonds is 28. The van der Waals surface area contributed by atoms with Crippen molar-refractivity contribution in [3.63, 3.8) is 0 Å². The van der Waals surface area contributed by atoms with E-state index < -0.39 is 145 Å². The highest BCUT2D eigenvalue weighted by Gasteiger charge is 2.40. The van der Waals surface area contributed by atoms with Gasteiger partial charge < -0.3 is 63.0 Å². The maximum absolute atomic E-state index is 14.2. The fourth-order valence-corrected chi connectivity index (χ4v) is 7.65. The van der Waals surface area contributed by atoms with Crippen molar-refractivity contribution in [1.29, 1.82) is 0 Å². The second-order valence-electron chi connectivity index (χ2n) is 17.8. The SMILES string of the molecule is CC(C)C[C@H](NC(=O)[C@@H](N)Cc1ccccc1)C(=O)N1CCC[C@H]1C(=O)N[C@@H](Cc1ccccc1)C(=O)N[C@@H](CC(=O)O)C(=O)N[C@@H](CCC(=O)O)C(=O)N[C@H](C(=O)N[C@@H](CC(=O)O)C(=O)O)C(C)C. The molecule has 1 aliphatic rings. The monoisotopic (exact) mass is 980 g/mol. The van der Waals surface area contributed by atoms with Crippen molar-refractivity contribution < 1.29 is 73.2 Å². The van der Waals surface area contributed by atoms with Crippen molar-refractivity contribution in [3.8, 4) is 0 Å². The van der Waals surface area contributed by atoms with E-state index in [1.54, 1.807) is 30.3 Å². The first-order valence-electron chi connectivity index (χ1n) is 22.8. The number of benzene rings is 2. The van der Waals surface area contributed by atoms with Crippen LogP contribution in [0.15, 0.2) is 60.7 Å². The van der Waals surface area contributed by atoms with Crippen LogP contribution < -0.4 is 37.6 Å². The Labute approximate surface area is 404 Å². The Morgan fingerprint density at radius 3 is 1.61 bits per heavy atom. The molecule has 2 aromatic rings. The first-order valence-corrected chi connectivity index (χ1v) is 22.8. The maximum Gasteiger partial charge on any atom is 0.326 e. The summed E-state index contributed by atoms with van der Waals surface area (Å²) in [5.74, 6) is -13.6. The molecule has 23 heteroatoms. The molecule has 382 valence electrons. The van der Waals surface area contributed by atoms with Crippen LogP contribution in [0.5, 0.6) is 0 Å².